The lowest BCUT2D eigenvalue weighted by Gasteiger charge is -2.41. The number of hydrogen-bond acceptors (Lipinski definition) is 1. The average Bonchev–Trinajstić information content (AvgIpc) is 2.10. The van der Waals surface area contributed by atoms with Gasteiger partial charge in [-0.3, -0.25) is 0 Å². The smallest absolute Gasteiger partial charge is 0.0499 e. The summed E-state index contributed by atoms with van der Waals surface area (Å²) in [6.07, 6.45) is 1.02. The lowest BCUT2D eigenvalue weighted by molar-refractivity contribution is 0.294. The Hall–Kier alpha value is 0.611. The third kappa shape index (κ3) is 5.80. The Bertz CT molecular complexity index is 207. The normalized spacial score (nSPS) is 15.0. The first-order valence-corrected chi connectivity index (χ1v) is 15.2. The first kappa shape index (κ1) is 16.6. The maximum absolute atomic E-state index is 8.99. The Balaban J connectivity index is 4.39. The zero-order chi connectivity index (χ0) is 13.0. The van der Waals surface area contributed by atoms with Crippen LogP contribution in [0.2, 0.25) is 49.1 Å². The van der Waals surface area contributed by atoms with Gasteiger partial charge in [0.1, 0.15) is 0 Å². The molecule has 0 unspecified atom stereocenters. The van der Waals surface area contributed by atoms with Crippen molar-refractivity contribution in [3.63, 3.8) is 0 Å². The molecule has 0 rings (SSSR count). The maximum atomic E-state index is 8.99. The van der Waals surface area contributed by atoms with Crippen LogP contribution in [-0.2, 0) is 0 Å². The van der Waals surface area contributed by atoms with E-state index < -0.39 is 16.1 Å². The van der Waals surface area contributed by atoms with E-state index >= 15 is 0 Å². The van der Waals surface area contributed by atoms with Crippen LogP contribution in [0.5, 0.6) is 0 Å². The predicted molar refractivity (Wildman–Crippen MR) is 84.7 cm³/mol. The second-order valence-corrected chi connectivity index (χ2v) is 23.4. The third-order valence-electron chi connectivity index (χ3n) is 4.29. The van der Waals surface area contributed by atoms with Crippen LogP contribution in [0.1, 0.15) is 20.3 Å². The van der Waals surface area contributed by atoms with Crippen LogP contribution in [0.4, 0.5) is 0 Å². The van der Waals surface area contributed by atoms with E-state index in [1.165, 1.54) is 6.04 Å². The van der Waals surface area contributed by atoms with Crippen LogP contribution in [0.25, 0.3) is 0 Å². The van der Waals surface area contributed by atoms with E-state index in [0.717, 1.165) is 6.42 Å². The fraction of sp³-hybridized carbons (Fsp3) is 1.00. The fourth-order valence-corrected chi connectivity index (χ4v) is 13.5. The van der Waals surface area contributed by atoms with Crippen molar-refractivity contribution < 1.29 is 5.11 Å². The lowest BCUT2D eigenvalue weighted by atomic mass is 10.5. The van der Waals surface area contributed by atoms with Gasteiger partial charge < -0.3 is 5.11 Å². The van der Waals surface area contributed by atoms with Crippen molar-refractivity contribution in [3.05, 3.63) is 0 Å². The highest BCUT2D eigenvalue weighted by Crippen LogP contribution is 2.40. The molecular formula is C12H32OSi3. The number of aliphatic hydroxyl groups is 1. The molecule has 1 N–H and O–H groups in total. The maximum Gasteiger partial charge on any atom is 0.0499 e. The van der Waals surface area contributed by atoms with Crippen LogP contribution < -0.4 is 0 Å². The summed E-state index contributed by atoms with van der Waals surface area (Å²) in [5.74, 6) is 0. The van der Waals surface area contributed by atoms with E-state index in [4.69, 9.17) is 5.11 Å². The Morgan fingerprint density at radius 2 is 1.56 bits per heavy atom. The topological polar surface area (TPSA) is 20.2 Å². The van der Waals surface area contributed by atoms with Crippen molar-refractivity contribution in [3.8, 4) is 0 Å². The molecule has 0 aromatic carbocycles. The molecule has 0 amide bonds. The van der Waals surface area contributed by atoms with Gasteiger partial charge in [0, 0.05) is 32.3 Å². The number of aliphatic hydroxyl groups excluding tert-OH is 1. The standard InChI is InChI=1S/C12H32OSi3/c1-12(2,14-11-15(3,4)5)16(6,7)10-8-9-13/h13H,8-11,14H2,1-7H3. The highest BCUT2D eigenvalue weighted by Gasteiger charge is 2.38. The molecule has 0 fully saturated rings. The first-order valence-electron chi connectivity index (χ1n) is 6.63. The molecule has 0 atom stereocenters. The Labute approximate surface area is 107 Å². The average molecular weight is 277 g/mol. The Kier molecular flexibility index (Phi) is 6.21. The molecule has 0 aromatic heterocycles. The van der Waals surface area contributed by atoms with Gasteiger partial charge in [-0.2, -0.15) is 0 Å². The van der Waals surface area contributed by atoms with Crippen molar-refractivity contribution in [2.75, 3.05) is 6.61 Å². The van der Waals surface area contributed by atoms with Gasteiger partial charge in [-0.05, 0) is 11.1 Å². The van der Waals surface area contributed by atoms with Gasteiger partial charge in [0.2, 0.25) is 0 Å². The molecule has 0 bridgehead atoms. The minimum Gasteiger partial charge on any atom is -0.396 e. The molecule has 0 aliphatic heterocycles. The van der Waals surface area contributed by atoms with E-state index in [-0.39, 0.29) is 9.52 Å². The largest absolute Gasteiger partial charge is 0.396 e. The van der Waals surface area contributed by atoms with Crippen LogP contribution in [0.15, 0.2) is 0 Å². The zero-order valence-corrected chi connectivity index (χ0v) is 15.9. The molecule has 0 aromatic rings. The van der Waals surface area contributed by atoms with E-state index in [0.29, 0.717) is 11.3 Å². The Morgan fingerprint density at radius 1 is 1.06 bits per heavy atom. The van der Waals surface area contributed by atoms with Gasteiger partial charge in [-0.1, -0.05) is 58.3 Å². The molecule has 4 heteroatoms. The molecule has 16 heavy (non-hydrogen) atoms. The summed E-state index contributed by atoms with van der Waals surface area (Å²) in [5, 5.41) is 8.99. The first-order chi connectivity index (χ1) is 7.02. The molecule has 0 radical (unpaired) electrons. The monoisotopic (exact) mass is 276 g/mol. The van der Waals surface area contributed by atoms with Crippen molar-refractivity contribution >= 4 is 25.7 Å². The van der Waals surface area contributed by atoms with E-state index in [1.54, 1.807) is 5.67 Å². The van der Waals surface area contributed by atoms with Gasteiger partial charge in [0.05, 0.1) is 0 Å². The van der Waals surface area contributed by atoms with Crippen LogP contribution in [-0.4, -0.2) is 37.4 Å². The molecule has 0 heterocycles. The van der Waals surface area contributed by atoms with E-state index in [2.05, 4.69) is 46.6 Å². The molecule has 0 spiro atoms. The molecular weight excluding hydrogens is 244 g/mol. The van der Waals surface area contributed by atoms with Crippen molar-refractivity contribution in [2.45, 2.75) is 69.4 Å². The van der Waals surface area contributed by atoms with Gasteiger partial charge in [0.25, 0.3) is 0 Å². The summed E-state index contributed by atoms with van der Waals surface area (Å²) < 4.78 is 0.655. The highest BCUT2D eigenvalue weighted by atomic mass is 28.4. The summed E-state index contributed by atoms with van der Waals surface area (Å²) in [5.41, 5.74) is 1.58. The van der Waals surface area contributed by atoms with Crippen LogP contribution in [0.3, 0.4) is 0 Å². The summed E-state index contributed by atoms with van der Waals surface area (Å²) in [6, 6.07) is 1.30. The minimum absolute atomic E-state index is 0.0447. The second kappa shape index (κ2) is 5.98. The zero-order valence-electron chi connectivity index (χ0n) is 12.5. The van der Waals surface area contributed by atoms with Crippen molar-refractivity contribution in [1.29, 1.82) is 0 Å². The molecule has 0 saturated carbocycles. The number of hydrogen-bond donors (Lipinski definition) is 1. The van der Waals surface area contributed by atoms with Crippen molar-refractivity contribution in [1.82, 2.24) is 0 Å². The van der Waals surface area contributed by atoms with Crippen LogP contribution in [0, 0.1) is 0 Å². The molecule has 0 saturated heterocycles. The van der Waals surface area contributed by atoms with E-state index in [9.17, 15) is 0 Å². The molecule has 98 valence electrons. The highest BCUT2D eigenvalue weighted by molar-refractivity contribution is 6.92. The summed E-state index contributed by atoms with van der Waals surface area (Å²) in [6.45, 7) is 18.0. The summed E-state index contributed by atoms with van der Waals surface area (Å²) in [4.78, 5) is 0. The van der Waals surface area contributed by atoms with Gasteiger partial charge in [0.15, 0.2) is 0 Å². The van der Waals surface area contributed by atoms with Gasteiger partial charge in [-0.15, -0.1) is 0 Å². The van der Waals surface area contributed by atoms with E-state index in [1.807, 2.05) is 0 Å². The van der Waals surface area contributed by atoms with Crippen molar-refractivity contribution in [2.24, 2.45) is 0 Å². The minimum atomic E-state index is -1.13. The quantitative estimate of drug-likeness (QED) is 0.708. The third-order valence-corrected chi connectivity index (χ3v) is 21.4. The van der Waals surface area contributed by atoms with Crippen LogP contribution >= 0.6 is 0 Å². The molecule has 0 aliphatic rings. The number of rotatable bonds is 7. The molecule has 0 aliphatic carbocycles. The fourth-order valence-electron chi connectivity index (χ4n) is 1.89. The predicted octanol–water partition coefficient (Wildman–Crippen LogP) is 3.28. The lowest BCUT2D eigenvalue weighted by Crippen LogP contribution is -2.44. The summed E-state index contributed by atoms with van der Waals surface area (Å²) in [7, 11) is -1.93. The molecule has 1 nitrogen and oxygen atoms in total. The SMILES string of the molecule is CC(C)([SiH2]C[Si](C)(C)C)[Si](C)(C)CCCO. The second-order valence-electron chi connectivity index (χ2n) is 7.66. The van der Waals surface area contributed by atoms with Gasteiger partial charge in [-0.25, -0.2) is 0 Å². The van der Waals surface area contributed by atoms with Gasteiger partial charge >= 0.3 is 0 Å². The summed E-state index contributed by atoms with van der Waals surface area (Å²) >= 11 is 0. The Morgan fingerprint density at radius 3 is 1.94 bits per heavy atom.